The molecule has 0 atom stereocenters. The van der Waals surface area contributed by atoms with E-state index in [2.05, 4.69) is 0 Å². The summed E-state index contributed by atoms with van der Waals surface area (Å²) in [4.78, 5) is 0.349. The summed E-state index contributed by atoms with van der Waals surface area (Å²) in [6.45, 7) is 7.29. The molecule has 0 aliphatic rings. The Morgan fingerprint density at radius 1 is 1.06 bits per heavy atom. The second-order valence-corrected chi connectivity index (χ2v) is 6.19. The summed E-state index contributed by atoms with van der Waals surface area (Å²) in [5, 5.41) is 8.77. The molecule has 0 saturated heterocycles. The maximum Gasteiger partial charge on any atom is 0.180 e. The van der Waals surface area contributed by atoms with Crippen LogP contribution in [0.5, 0.6) is 0 Å². The highest BCUT2D eigenvalue weighted by Crippen LogP contribution is 2.25. The minimum atomic E-state index is -3.35. The predicted octanol–water partition coefficient (Wildman–Crippen LogP) is 1.69. The average molecular weight is 242 g/mol. The molecular formula is C12H18O3S. The Balaban J connectivity index is 3.48. The Morgan fingerprint density at radius 2 is 1.62 bits per heavy atom. The third kappa shape index (κ3) is 2.28. The van der Waals surface area contributed by atoms with Crippen molar-refractivity contribution in [1.29, 1.82) is 0 Å². The lowest BCUT2D eigenvalue weighted by molar-refractivity contribution is 0.319. The molecule has 1 N–H and O–H groups in total. The zero-order valence-corrected chi connectivity index (χ0v) is 11.0. The summed E-state index contributed by atoms with van der Waals surface area (Å²) in [6.07, 6.45) is 0. The van der Waals surface area contributed by atoms with Gasteiger partial charge >= 0.3 is 0 Å². The maximum atomic E-state index is 11.9. The van der Waals surface area contributed by atoms with E-state index in [4.69, 9.17) is 5.11 Å². The van der Waals surface area contributed by atoms with Gasteiger partial charge in [-0.1, -0.05) is 0 Å². The maximum absolute atomic E-state index is 11.9. The lowest BCUT2D eigenvalue weighted by Gasteiger charge is -2.14. The Morgan fingerprint density at radius 3 is 2.12 bits per heavy atom. The molecule has 0 bridgehead atoms. The van der Waals surface area contributed by atoms with E-state index in [1.807, 2.05) is 27.7 Å². The molecule has 16 heavy (non-hydrogen) atoms. The van der Waals surface area contributed by atoms with E-state index in [9.17, 15) is 8.42 Å². The molecule has 0 unspecified atom stereocenters. The highest BCUT2D eigenvalue weighted by atomic mass is 32.2. The minimum Gasteiger partial charge on any atom is -0.395 e. The van der Waals surface area contributed by atoms with Crippen molar-refractivity contribution < 1.29 is 13.5 Å². The van der Waals surface area contributed by atoms with E-state index >= 15 is 0 Å². The number of sulfone groups is 1. The number of benzene rings is 1. The number of aliphatic hydroxyl groups is 1. The molecular weight excluding hydrogens is 224 g/mol. The standard InChI is InChI=1S/C12H18O3S/c1-8-7-12(16(14,15)6-5-13)11(4)10(3)9(8)2/h7,13H,5-6H2,1-4H3. The van der Waals surface area contributed by atoms with Crippen molar-refractivity contribution in [1.82, 2.24) is 0 Å². The van der Waals surface area contributed by atoms with E-state index in [0.717, 1.165) is 22.3 Å². The quantitative estimate of drug-likeness (QED) is 0.877. The topological polar surface area (TPSA) is 54.4 Å². The van der Waals surface area contributed by atoms with Crippen LogP contribution in [0.15, 0.2) is 11.0 Å². The van der Waals surface area contributed by atoms with Crippen LogP contribution in [0.1, 0.15) is 22.3 Å². The van der Waals surface area contributed by atoms with Crippen molar-refractivity contribution >= 4 is 9.84 Å². The first-order valence-electron chi connectivity index (χ1n) is 5.22. The van der Waals surface area contributed by atoms with Gasteiger partial charge < -0.3 is 5.11 Å². The van der Waals surface area contributed by atoms with Crippen molar-refractivity contribution in [2.24, 2.45) is 0 Å². The van der Waals surface area contributed by atoms with Crippen LogP contribution < -0.4 is 0 Å². The largest absolute Gasteiger partial charge is 0.395 e. The number of hydrogen-bond acceptors (Lipinski definition) is 3. The highest BCUT2D eigenvalue weighted by molar-refractivity contribution is 7.91. The van der Waals surface area contributed by atoms with Crippen molar-refractivity contribution in [2.75, 3.05) is 12.4 Å². The van der Waals surface area contributed by atoms with E-state index in [-0.39, 0.29) is 12.4 Å². The number of rotatable bonds is 3. The molecule has 0 saturated carbocycles. The third-order valence-electron chi connectivity index (χ3n) is 3.13. The zero-order chi connectivity index (χ0) is 12.5. The van der Waals surface area contributed by atoms with Gasteiger partial charge in [0.15, 0.2) is 9.84 Å². The summed E-state index contributed by atoms with van der Waals surface area (Å²) < 4.78 is 23.8. The van der Waals surface area contributed by atoms with E-state index in [0.29, 0.717) is 4.90 Å². The molecule has 3 nitrogen and oxygen atoms in total. The number of aliphatic hydroxyl groups excluding tert-OH is 1. The average Bonchev–Trinajstić information content (AvgIpc) is 2.20. The van der Waals surface area contributed by atoms with Gasteiger partial charge in [0.1, 0.15) is 0 Å². The summed E-state index contributed by atoms with van der Waals surface area (Å²) in [5.41, 5.74) is 3.90. The fourth-order valence-corrected chi connectivity index (χ4v) is 3.16. The molecule has 0 aromatic heterocycles. The Bertz CT molecular complexity index is 501. The fourth-order valence-electron chi connectivity index (χ4n) is 1.73. The monoisotopic (exact) mass is 242 g/mol. The van der Waals surface area contributed by atoms with Gasteiger partial charge in [-0.05, 0) is 56.0 Å². The van der Waals surface area contributed by atoms with Crippen molar-refractivity contribution in [2.45, 2.75) is 32.6 Å². The normalized spacial score (nSPS) is 11.8. The first kappa shape index (κ1) is 13.2. The molecule has 4 heteroatoms. The van der Waals surface area contributed by atoms with Crippen LogP contribution in [0.2, 0.25) is 0 Å². The summed E-state index contributed by atoms with van der Waals surface area (Å²) in [5.74, 6) is -0.213. The molecule has 1 aromatic rings. The van der Waals surface area contributed by atoms with E-state index < -0.39 is 9.84 Å². The molecule has 90 valence electrons. The van der Waals surface area contributed by atoms with Crippen molar-refractivity contribution in [3.63, 3.8) is 0 Å². The van der Waals surface area contributed by atoms with Gasteiger partial charge in [-0.25, -0.2) is 8.42 Å². The Hall–Kier alpha value is -0.870. The molecule has 0 aliphatic carbocycles. The summed E-state index contributed by atoms with van der Waals surface area (Å²) in [6, 6.07) is 1.70. The van der Waals surface area contributed by atoms with Gasteiger partial charge in [-0.15, -0.1) is 0 Å². The number of aryl methyl sites for hydroxylation is 1. The molecule has 0 spiro atoms. The van der Waals surface area contributed by atoms with Gasteiger partial charge in [0, 0.05) is 0 Å². The molecule has 0 fully saturated rings. The fraction of sp³-hybridized carbons (Fsp3) is 0.500. The molecule has 0 aliphatic heterocycles. The van der Waals surface area contributed by atoms with Crippen LogP contribution >= 0.6 is 0 Å². The van der Waals surface area contributed by atoms with Crippen LogP contribution in [0.3, 0.4) is 0 Å². The van der Waals surface area contributed by atoms with Crippen LogP contribution in [0.4, 0.5) is 0 Å². The van der Waals surface area contributed by atoms with E-state index in [1.54, 1.807) is 6.07 Å². The first-order valence-corrected chi connectivity index (χ1v) is 6.87. The van der Waals surface area contributed by atoms with Crippen molar-refractivity contribution in [3.05, 3.63) is 28.3 Å². The van der Waals surface area contributed by atoms with Crippen molar-refractivity contribution in [3.8, 4) is 0 Å². The van der Waals surface area contributed by atoms with Crippen LogP contribution in [0.25, 0.3) is 0 Å². The molecule has 0 amide bonds. The smallest absolute Gasteiger partial charge is 0.180 e. The minimum absolute atomic E-state index is 0.213. The molecule has 1 rings (SSSR count). The third-order valence-corrected chi connectivity index (χ3v) is 4.94. The van der Waals surface area contributed by atoms with Gasteiger partial charge in [-0.3, -0.25) is 0 Å². The molecule has 0 radical (unpaired) electrons. The summed E-state index contributed by atoms with van der Waals surface area (Å²) in [7, 11) is -3.35. The highest BCUT2D eigenvalue weighted by Gasteiger charge is 2.19. The van der Waals surface area contributed by atoms with Gasteiger partial charge in [0.25, 0.3) is 0 Å². The Kier molecular flexibility index (Phi) is 3.76. The predicted molar refractivity (Wildman–Crippen MR) is 64.5 cm³/mol. The Labute approximate surface area is 97.0 Å². The van der Waals surface area contributed by atoms with E-state index in [1.165, 1.54) is 0 Å². The zero-order valence-electron chi connectivity index (χ0n) is 10.2. The van der Waals surface area contributed by atoms with Crippen LogP contribution in [-0.4, -0.2) is 25.9 Å². The van der Waals surface area contributed by atoms with Gasteiger partial charge in [0.2, 0.25) is 0 Å². The SMILES string of the molecule is Cc1cc(S(=O)(=O)CCO)c(C)c(C)c1C. The van der Waals surface area contributed by atoms with Gasteiger partial charge in [0.05, 0.1) is 17.3 Å². The molecule has 0 heterocycles. The second-order valence-electron chi connectivity index (χ2n) is 4.11. The van der Waals surface area contributed by atoms with Crippen LogP contribution in [0, 0.1) is 27.7 Å². The first-order chi connectivity index (χ1) is 7.31. The van der Waals surface area contributed by atoms with Crippen LogP contribution in [-0.2, 0) is 9.84 Å². The lowest BCUT2D eigenvalue weighted by atomic mass is 10.00. The van der Waals surface area contributed by atoms with Gasteiger partial charge in [-0.2, -0.15) is 0 Å². The summed E-state index contributed by atoms with van der Waals surface area (Å²) >= 11 is 0. The second kappa shape index (κ2) is 4.55. The molecule has 1 aromatic carbocycles. The number of hydrogen-bond donors (Lipinski definition) is 1. The lowest BCUT2D eigenvalue weighted by Crippen LogP contribution is -2.13.